The van der Waals surface area contributed by atoms with E-state index < -0.39 is 309 Å². The summed E-state index contributed by atoms with van der Waals surface area (Å²) in [5.41, 5.74) is -12.0. The molecular formula is C53H32. The fourth-order valence-corrected chi connectivity index (χ4v) is 7.75. The maximum Gasteiger partial charge on any atom is 0.0731 e. The van der Waals surface area contributed by atoms with Crippen molar-refractivity contribution in [2.45, 2.75) is 5.41 Å². The summed E-state index contributed by atoms with van der Waals surface area (Å²) in [6.45, 7) is 0. The second-order valence-electron chi connectivity index (χ2n) is 12.2. The van der Waals surface area contributed by atoms with Crippen molar-refractivity contribution in [3.63, 3.8) is 0 Å². The monoisotopic (exact) mass is 700 g/mol. The highest BCUT2D eigenvalue weighted by Crippen LogP contribution is 2.64. The van der Waals surface area contributed by atoms with Crippen LogP contribution in [0, 0.1) is 0 Å². The van der Waals surface area contributed by atoms with E-state index in [2.05, 4.69) is 0 Å². The van der Waals surface area contributed by atoms with Gasteiger partial charge >= 0.3 is 0 Å². The lowest BCUT2D eigenvalue weighted by molar-refractivity contribution is 0.796. The quantitative estimate of drug-likeness (QED) is 0.158. The molecule has 2 aliphatic rings. The minimum atomic E-state index is -2.95. The van der Waals surface area contributed by atoms with E-state index in [0.717, 1.165) is 0 Å². The van der Waals surface area contributed by atoms with Gasteiger partial charge in [-0.3, -0.25) is 0 Å². The third kappa shape index (κ3) is 3.75. The van der Waals surface area contributed by atoms with Crippen LogP contribution in [0.25, 0.3) is 87.6 Å². The van der Waals surface area contributed by atoms with Crippen LogP contribution in [-0.2, 0) is 5.41 Å². The zero-order chi connectivity index (χ0) is 62.5. The largest absolute Gasteiger partial charge is 0.0731 e. The molecule has 0 nitrogen and oxygen atoms in total. The van der Waals surface area contributed by atoms with Crippen molar-refractivity contribution in [1.29, 1.82) is 0 Å². The van der Waals surface area contributed by atoms with Gasteiger partial charge < -0.3 is 0 Å². The zero-order valence-electron chi connectivity index (χ0n) is 58.5. The Morgan fingerprint density at radius 1 is 0.283 bits per heavy atom. The van der Waals surface area contributed by atoms with E-state index in [1.807, 2.05) is 0 Å². The third-order valence-electron chi connectivity index (χ3n) is 9.81. The molecule has 0 heterocycles. The second-order valence-corrected chi connectivity index (χ2v) is 12.2. The third-order valence-corrected chi connectivity index (χ3v) is 9.81. The number of hydrogen-bond donors (Lipinski definition) is 0. The fraction of sp³-hybridized carbons (Fsp3) is 0.0189. The summed E-state index contributed by atoms with van der Waals surface area (Å²) >= 11 is 0. The first-order valence-corrected chi connectivity index (χ1v) is 16.0. The van der Waals surface area contributed by atoms with Gasteiger partial charge in [0.1, 0.15) is 0 Å². The molecule has 0 bridgehead atoms. The maximum absolute atomic E-state index is 9.95. The van der Waals surface area contributed by atoms with E-state index in [9.17, 15) is 24.7 Å². The van der Waals surface area contributed by atoms with Crippen LogP contribution in [0.2, 0.25) is 0 Å². The molecular weight excluding hydrogens is 637 g/mol. The lowest BCUT2D eigenvalue weighted by atomic mass is 9.68. The van der Waals surface area contributed by atoms with Crippen molar-refractivity contribution in [3.05, 3.63) is 216 Å². The predicted octanol–water partition coefficient (Wildman–Crippen LogP) is 14.0. The molecule has 0 amide bonds. The van der Waals surface area contributed by atoms with E-state index in [0.29, 0.717) is 0 Å². The highest BCUT2D eigenvalue weighted by atomic mass is 14.5. The summed E-state index contributed by atoms with van der Waals surface area (Å²) in [4.78, 5) is 0. The Balaban J connectivity index is 1.33. The number of benzene rings is 10. The minimum Gasteiger partial charge on any atom is -0.0619 e. The first kappa shape index (κ1) is 11.9. The Bertz CT molecular complexity index is 4880. The van der Waals surface area contributed by atoms with E-state index >= 15 is 0 Å². The molecule has 2 aliphatic carbocycles. The van der Waals surface area contributed by atoms with Gasteiger partial charge in [-0.2, -0.15) is 0 Å². The molecule has 0 N–H and O–H groups in total. The van der Waals surface area contributed by atoms with Gasteiger partial charge in [0.15, 0.2) is 0 Å². The molecule has 0 radical (unpaired) electrons. The summed E-state index contributed by atoms with van der Waals surface area (Å²) in [7, 11) is 0. The van der Waals surface area contributed by atoms with Crippen LogP contribution in [0.3, 0.4) is 0 Å². The van der Waals surface area contributed by atoms with Gasteiger partial charge in [-0.25, -0.2) is 0 Å². The molecule has 0 unspecified atom stereocenters. The molecule has 0 heteroatoms. The van der Waals surface area contributed by atoms with Crippen LogP contribution in [0.5, 0.6) is 0 Å². The average Bonchev–Trinajstić information content (AvgIpc) is 1.52. The molecule has 1 spiro atoms. The van der Waals surface area contributed by atoms with E-state index in [1.54, 1.807) is 0 Å². The Labute approximate surface area is 353 Å². The lowest BCUT2D eigenvalue weighted by Crippen LogP contribution is -2.26. The Hall–Kier alpha value is -6.76. The smallest absolute Gasteiger partial charge is 0.0619 e. The SMILES string of the molecule is [2H]c1c([2H])c([2H])c2c(c1[2H])-c1c([2H])c([2H])c([2H])c([2H])c1C21c2c([2H])c([2H])c([2H])c([2H])c2-c2c([2H])c([2H])c([2H])c(-c3c([2H])c([2H])c([2H])c4c([2H])c(-c5c([2H])c([2H])c6c7c([2H])c([2H])c([2H])c([2H])c7c7c([2H])c([2H])c([2H])c([2H])c7c6c5[2H])c([2H])c([2H])c34)c21. The van der Waals surface area contributed by atoms with Crippen molar-refractivity contribution >= 4 is 43.1 Å². The second kappa shape index (κ2) is 10.6. The molecule has 0 saturated carbocycles. The molecule has 0 atom stereocenters. The average molecular weight is 701 g/mol. The molecule has 0 aliphatic heterocycles. The molecule has 0 aromatic heterocycles. The van der Waals surface area contributed by atoms with Crippen LogP contribution in [0.4, 0.5) is 0 Å². The molecule has 0 fully saturated rings. The van der Waals surface area contributed by atoms with E-state index in [-0.39, 0.29) is 0 Å². The van der Waals surface area contributed by atoms with Crippen molar-refractivity contribution in [2.24, 2.45) is 0 Å². The molecule has 10 aromatic carbocycles. The molecule has 53 heavy (non-hydrogen) atoms. The van der Waals surface area contributed by atoms with Crippen molar-refractivity contribution in [2.75, 3.05) is 0 Å². The van der Waals surface area contributed by atoms with Gasteiger partial charge in [0.25, 0.3) is 0 Å². The van der Waals surface area contributed by atoms with Crippen molar-refractivity contribution in [3.8, 4) is 44.5 Å². The summed E-state index contributed by atoms with van der Waals surface area (Å²) in [6, 6.07) is -31.4. The van der Waals surface area contributed by atoms with Crippen molar-refractivity contribution < 1.29 is 43.9 Å². The summed E-state index contributed by atoms with van der Waals surface area (Å²) in [5, 5.41) is -5.10. The van der Waals surface area contributed by atoms with Crippen LogP contribution in [0.15, 0.2) is 193 Å². The van der Waals surface area contributed by atoms with Gasteiger partial charge in [0, 0.05) is 0 Å². The van der Waals surface area contributed by atoms with E-state index in [4.69, 9.17) is 19.2 Å². The highest BCUT2D eigenvalue weighted by Gasteiger charge is 2.52. The van der Waals surface area contributed by atoms with Crippen LogP contribution >= 0.6 is 0 Å². The first-order chi connectivity index (χ1) is 39.6. The lowest BCUT2D eigenvalue weighted by Gasteiger charge is -2.32. The number of hydrogen-bond acceptors (Lipinski definition) is 0. The Kier molecular flexibility index (Phi) is 2.38. The summed E-state index contributed by atoms with van der Waals surface area (Å²) in [6.07, 6.45) is 0. The Morgan fingerprint density at radius 3 is 1.28 bits per heavy atom. The summed E-state index contributed by atoms with van der Waals surface area (Å²) < 4.78 is 296. The van der Waals surface area contributed by atoms with Gasteiger partial charge in [0.05, 0.1) is 49.3 Å². The molecule has 0 saturated heterocycles. The normalized spacial score (nSPS) is 21.9. The van der Waals surface area contributed by atoms with Gasteiger partial charge in [-0.05, 0) is 122 Å². The van der Waals surface area contributed by atoms with Crippen LogP contribution in [0.1, 0.15) is 66.1 Å². The molecule has 244 valence electrons. The predicted molar refractivity (Wildman–Crippen MR) is 224 cm³/mol. The topological polar surface area (TPSA) is 0 Å². The standard InChI is InChI=1S/C53H32/c1-2-16-40-38(14-1)39-15-3-4-17-41(39)48-32-34(28-30-42(40)48)33-27-29-36-35(31-33)13-11-21-37(36)46-22-12-23-47-45-20-7-10-26-51(45)53(52(46)47)49-24-8-5-18-43(49)44-19-6-9-25-50(44)53/h1-32H/i1D,2D,3D,4D,5D,6D,7D,8D,9D,10D,11D,12D,13D,14D,15D,16D,17D,18D,19D,20D,21D,22D,23D,24D,25D,26D,27D,28D,29D,30D,31D,32D. The van der Waals surface area contributed by atoms with Gasteiger partial charge in [0.2, 0.25) is 0 Å². The number of fused-ring (bicyclic) bond motifs is 17. The fourth-order valence-electron chi connectivity index (χ4n) is 7.75. The summed E-state index contributed by atoms with van der Waals surface area (Å²) in [5.74, 6) is 0. The number of rotatable bonds is 2. The van der Waals surface area contributed by atoms with Gasteiger partial charge in [-0.1, -0.05) is 181 Å². The Morgan fingerprint density at radius 2 is 0.679 bits per heavy atom. The van der Waals surface area contributed by atoms with Crippen LogP contribution < -0.4 is 0 Å². The first-order valence-electron chi connectivity index (χ1n) is 32.0. The van der Waals surface area contributed by atoms with Gasteiger partial charge in [-0.15, -0.1) is 0 Å². The molecule has 12 rings (SSSR count). The van der Waals surface area contributed by atoms with E-state index in [1.165, 1.54) is 0 Å². The highest BCUT2D eigenvalue weighted by molar-refractivity contribution is 6.25. The molecule has 10 aromatic rings. The minimum absolute atomic E-state index is 0.495. The van der Waals surface area contributed by atoms with Crippen LogP contribution in [-0.4, -0.2) is 0 Å². The zero-order valence-corrected chi connectivity index (χ0v) is 26.5. The maximum atomic E-state index is 9.95. The van der Waals surface area contributed by atoms with Crippen molar-refractivity contribution in [1.82, 2.24) is 0 Å².